The first kappa shape index (κ1) is 10.6. The van der Waals surface area contributed by atoms with Crippen LogP contribution in [0, 0.1) is 0 Å². The number of carboxylic acids is 1. The van der Waals surface area contributed by atoms with E-state index in [1.54, 1.807) is 12.1 Å². The summed E-state index contributed by atoms with van der Waals surface area (Å²) in [7, 11) is 0. The van der Waals surface area contributed by atoms with Crippen molar-refractivity contribution in [3.63, 3.8) is 0 Å². The molecule has 1 aromatic carbocycles. The summed E-state index contributed by atoms with van der Waals surface area (Å²) < 4.78 is 30.9. The summed E-state index contributed by atoms with van der Waals surface area (Å²) >= 11 is 0. The highest BCUT2D eigenvalue weighted by Crippen LogP contribution is 2.23. The van der Waals surface area contributed by atoms with Crippen LogP contribution in [-0.2, 0) is 11.2 Å². The number of furan rings is 1. The maximum absolute atomic E-state index is 12.9. The van der Waals surface area contributed by atoms with Crippen molar-refractivity contribution in [3.8, 4) is 0 Å². The smallest absolute Gasteiger partial charge is 0.374 e. The number of alkyl halides is 2. The number of hydrogen-bond donors (Lipinski definition) is 1. The van der Waals surface area contributed by atoms with Crippen molar-refractivity contribution < 1.29 is 23.1 Å². The molecule has 1 N–H and O–H groups in total. The molecule has 0 saturated carbocycles. The summed E-state index contributed by atoms with van der Waals surface area (Å²) in [5, 5.41) is 8.99. The van der Waals surface area contributed by atoms with Crippen LogP contribution < -0.4 is 0 Å². The van der Waals surface area contributed by atoms with E-state index in [2.05, 4.69) is 0 Å². The van der Waals surface area contributed by atoms with Gasteiger partial charge in [0.1, 0.15) is 5.58 Å². The van der Waals surface area contributed by atoms with E-state index in [0.29, 0.717) is 11.0 Å². The van der Waals surface area contributed by atoms with Crippen LogP contribution in [0.2, 0.25) is 0 Å². The zero-order valence-electron chi connectivity index (χ0n) is 8.11. The number of carboxylic acid groups (broad SMARTS) is 1. The standard InChI is InChI=1S/C11H8F2O3/c12-11(13,10(14)15)6-7-1-2-9-8(5-7)3-4-16-9/h1-5H,6H2,(H,14,15). The Kier molecular flexibility index (Phi) is 2.38. The summed E-state index contributed by atoms with van der Waals surface area (Å²) in [5.74, 6) is -5.85. The molecule has 2 rings (SSSR count). The molecule has 84 valence electrons. The van der Waals surface area contributed by atoms with Gasteiger partial charge in [-0.15, -0.1) is 0 Å². The van der Waals surface area contributed by atoms with E-state index in [0.717, 1.165) is 0 Å². The minimum absolute atomic E-state index is 0.265. The molecule has 1 heterocycles. The van der Waals surface area contributed by atoms with Gasteiger partial charge in [0.2, 0.25) is 0 Å². The van der Waals surface area contributed by atoms with Crippen LogP contribution in [0.15, 0.2) is 34.9 Å². The van der Waals surface area contributed by atoms with Gasteiger partial charge in [-0.25, -0.2) is 4.79 Å². The van der Waals surface area contributed by atoms with Gasteiger partial charge in [-0.1, -0.05) is 6.07 Å². The van der Waals surface area contributed by atoms with Crippen LogP contribution in [0.1, 0.15) is 5.56 Å². The van der Waals surface area contributed by atoms with Gasteiger partial charge in [0.05, 0.1) is 6.26 Å². The van der Waals surface area contributed by atoms with Crippen LogP contribution >= 0.6 is 0 Å². The third kappa shape index (κ3) is 1.88. The van der Waals surface area contributed by atoms with Crippen molar-refractivity contribution in [1.29, 1.82) is 0 Å². The zero-order valence-corrected chi connectivity index (χ0v) is 8.11. The first-order valence-electron chi connectivity index (χ1n) is 4.56. The lowest BCUT2D eigenvalue weighted by atomic mass is 10.1. The number of carbonyl (C=O) groups is 1. The van der Waals surface area contributed by atoms with Crippen LogP contribution in [0.25, 0.3) is 11.0 Å². The van der Waals surface area contributed by atoms with Gasteiger partial charge in [0, 0.05) is 11.8 Å². The lowest BCUT2D eigenvalue weighted by Gasteiger charge is -2.10. The van der Waals surface area contributed by atoms with Crippen molar-refractivity contribution in [2.24, 2.45) is 0 Å². The third-order valence-electron chi connectivity index (χ3n) is 2.26. The number of rotatable bonds is 3. The van der Waals surface area contributed by atoms with Gasteiger partial charge < -0.3 is 9.52 Å². The highest BCUT2D eigenvalue weighted by molar-refractivity contribution is 5.79. The molecule has 5 heteroatoms. The Morgan fingerprint density at radius 1 is 1.38 bits per heavy atom. The van der Waals surface area contributed by atoms with Crippen LogP contribution in [-0.4, -0.2) is 17.0 Å². The van der Waals surface area contributed by atoms with Gasteiger partial charge in [-0.2, -0.15) is 8.78 Å². The number of benzene rings is 1. The molecule has 0 saturated heterocycles. The second-order valence-electron chi connectivity index (χ2n) is 3.48. The molecule has 0 spiro atoms. The molecule has 0 aliphatic rings. The zero-order chi connectivity index (χ0) is 11.8. The molecule has 3 nitrogen and oxygen atoms in total. The van der Waals surface area contributed by atoms with Crippen molar-refractivity contribution in [2.75, 3.05) is 0 Å². The fourth-order valence-corrected chi connectivity index (χ4v) is 1.46. The van der Waals surface area contributed by atoms with Gasteiger partial charge >= 0.3 is 11.9 Å². The molecule has 0 fully saturated rings. The summed E-state index contributed by atoms with van der Waals surface area (Å²) in [6.45, 7) is 0. The fraction of sp³-hybridized carbons (Fsp3) is 0.182. The average molecular weight is 226 g/mol. The molecule has 0 aliphatic heterocycles. The predicted molar refractivity (Wildman–Crippen MR) is 52.5 cm³/mol. The SMILES string of the molecule is O=C(O)C(F)(F)Cc1ccc2occc2c1. The van der Waals surface area contributed by atoms with Crippen LogP contribution in [0.4, 0.5) is 8.78 Å². The minimum Gasteiger partial charge on any atom is -0.477 e. The molecular formula is C11H8F2O3. The Balaban J connectivity index is 2.30. The second-order valence-corrected chi connectivity index (χ2v) is 3.48. The topological polar surface area (TPSA) is 50.4 Å². The molecule has 0 radical (unpaired) electrons. The molecule has 2 aromatic rings. The summed E-state index contributed by atoms with van der Waals surface area (Å²) in [6, 6.07) is 6.11. The lowest BCUT2D eigenvalue weighted by Crippen LogP contribution is -2.30. The monoisotopic (exact) mass is 226 g/mol. The Bertz CT molecular complexity index is 531. The summed E-state index contributed by atoms with van der Waals surface area (Å²) in [4.78, 5) is 10.3. The summed E-state index contributed by atoms with van der Waals surface area (Å²) in [5.41, 5.74) is 0.851. The first-order chi connectivity index (χ1) is 7.49. The number of fused-ring (bicyclic) bond motifs is 1. The van der Waals surface area contributed by atoms with Crippen molar-refractivity contribution in [1.82, 2.24) is 0 Å². The molecule has 0 aliphatic carbocycles. The lowest BCUT2D eigenvalue weighted by molar-refractivity contribution is -0.164. The quantitative estimate of drug-likeness (QED) is 0.875. The molecular weight excluding hydrogens is 218 g/mol. The average Bonchev–Trinajstić information content (AvgIpc) is 2.63. The van der Waals surface area contributed by atoms with Gasteiger partial charge in [0.15, 0.2) is 0 Å². The van der Waals surface area contributed by atoms with E-state index < -0.39 is 18.3 Å². The van der Waals surface area contributed by atoms with E-state index in [-0.39, 0.29) is 5.56 Å². The van der Waals surface area contributed by atoms with Gasteiger partial charge in [0.25, 0.3) is 0 Å². The first-order valence-corrected chi connectivity index (χ1v) is 4.56. The Labute approximate surface area is 89.3 Å². The van der Waals surface area contributed by atoms with Crippen molar-refractivity contribution in [2.45, 2.75) is 12.3 Å². The number of aliphatic carboxylic acids is 1. The van der Waals surface area contributed by atoms with Crippen molar-refractivity contribution in [3.05, 3.63) is 36.1 Å². The highest BCUT2D eigenvalue weighted by atomic mass is 19.3. The van der Waals surface area contributed by atoms with E-state index in [9.17, 15) is 13.6 Å². The van der Waals surface area contributed by atoms with Gasteiger partial charge in [-0.05, 0) is 23.8 Å². The van der Waals surface area contributed by atoms with E-state index in [1.165, 1.54) is 18.4 Å². The number of hydrogen-bond acceptors (Lipinski definition) is 2. The van der Waals surface area contributed by atoms with E-state index in [4.69, 9.17) is 9.52 Å². The molecule has 0 unspecified atom stereocenters. The van der Waals surface area contributed by atoms with Gasteiger partial charge in [-0.3, -0.25) is 0 Å². The molecule has 16 heavy (non-hydrogen) atoms. The molecule has 0 atom stereocenters. The molecule has 1 aromatic heterocycles. The highest BCUT2D eigenvalue weighted by Gasteiger charge is 2.38. The second kappa shape index (κ2) is 3.59. The molecule has 0 amide bonds. The number of halogens is 2. The van der Waals surface area contributed by atoms with E-state index >= 15 is 0 Å². The third-order valence-corrected chi connectivity index (χ3v) is 2.26. The Hall–Kier alpha value is -1.91. The van der Waals surface area contributed by atoms with Crippen molar-refractivity contribution >= 4 is 16.9 Å². The minimum atomic E-state index is -3.74. The predicted octanol–water partition coefficient (Wildman–Crippen LogP) is 2.70. The van der Waals surface area contributed by atoms with Crippen LogP contribution in [0.5, 0.6) is 0 Å². The van der Waals surface area contributed by atoms with E-state index in [1.807, 2.05) is 0 Å². The summed E-state index contributed by atoms with van der Waals surface area (Å²) in [6.07, 6.45) is 0.632. The Morgan fingerprint density at radius 2 is 2.12 bits per heavy atom. The van der Waals surface area contributed by atoms with Crippen LogP contribution in [0.3, 0.4) is 0 Å². The largest absolute Gasteiger partial charge is 0.477 e. The molecule has 0 bridgehead atoms. The Morgan fingerprint density at radius 3 is 2.81 bits per heavy atom. The fourth-order valence-electron chi connectivity index (χ4n) is 1.46. The maximum atomic E-state index is 12.9. The normalized spacial score (nSPS) is 11.9. The maximum Gasteiger partial charge on any atom is 0.374 e.